The van der Waals surface area contributed by atoms with E-state index in [9.17, 15) is 4.79 Å². The molecule has 0 aromatic rings. The predicted octanol–water partition coefficient (Wildman–Crippen LogP) is 4.66. The Balaban J connectivity index is 2.44. The van der Waals surface area contributed by atoms with Crippen molar-refractivity contribution < 1.29 is 4.79 Å². The van der Waals surface area contributed by atoms with Crippen molar-refractivity contribution in [1.82, 2.24) is 5.32 Å². The van der Waals surface area contributed by atoms with E-state index in [4.69, 9.17) is 0 Å². The Morgan fingerprint density at radius 3 is 2.11 bits per heavy atom. The molecule has 0 aliphatic heterocycles. The van der Waals surface area contributed by atoms with E-state index >= 15 is 0 Å². The third-order valence-electron chi connectivity index (χ3n) is 4.90. The van der Waals surface area contributed by atoms with Gasteiger partial charge in [0, 0.05) is 17.8 Å². The summed E-state index contributed by atoms with van der Waals surface area (Å²) < 4.78 is 0. The third kappa shape index (κ3) is 5.45. The van der Waals surface area contributed by atoms with Crippen LogP contribution in [0.25, 0.3) is 0 Å². The lowest BCUT2D eigenvalue weighted by atomic mass is 9.84. The number of rotatable bonds is 6. The monoisotopic (exact) mass is 331 g/mol. The van der Waals surface area contributed by atoms with Crippen molar-refractivity contribution in [2.75, 3.05) is 11.9 Å². The van der Waals surface area contributed by atoms with E-state index in [0.717, 1.165) is 37.6 Å². The van der Waals surface area contributed by atoms with Crippen LogP contribution in [0.1, 0.15) is 71.6 Å². The number of hydrogen-bond donors (Lipinski definition) is 1. The van der Waals surface area contributed by atoms with Crippen LogP contribution in [0.4, 0.5) is 0 Å². The molecule has 0 spiro atoms. The molecule has 19 heavy (non-hydrogen) atoms. The Kier molecular flexibility index (Phi) is 8.05. The molecule has 0 aromatic heterocycles. The molecule has 3 heteroatoms. The Morgan fingerprint density at radius 1 is 1.11 bits per heavy atom. The van der Waals surface area contributed by atoms with Gasteiger partial charge in [-0.15, -0.1) is 0 Å². The van der Waals surface area contributed by atoms with Crippen LogP contribution in [0.2, 0.25) is 0 Å². The van der Waals surface area contributed by atoms with Crippen molar-refractivity contribution in [3.63, 3.8) is 0 Å². The molecule has 1 aliphatic carbocycles. The van der Waals surface area contributed by atoms with E-state index < -0.39 is 0 Å². The van der Waals surface area contributed by atoms with E-state index in [0.29, 0.717) is 5.91 Å². The van der Waals surface area contributed by atoms with Crippen molar-refractivity contribution in [3.05, 3.63) is 0 Å². The van der Waals surface area contributed by atoms with Crippen LogP contribution < -0.4 is 5.32 Å². The fraction of sp³-hybridized carbons (Fsp3) is 0.938. The van der Waals surface area contributed by atoms with Gasteiger partial charge in [-0.25, -0.2) is 0 Å². The zero-order valence-electron chi connectivity index (χ0n) is 12.6. The predicted molar refractivity (Wildman–Crippen MR) is 85.6 cm³/mol. The van der Waals surface area contributed by atoms with Crippen LogP contribution in [0, 0.1) is 11.3 Å². The van der Waals surface area contributed by atoms with Crippen LogP contribution in [-0.2, 0) is 4.79 Å². The average Bonchev–Trinajstić information content (AvgIpc) is 2.40. The molecule has 1 N–H and O–H groups in total. The van der Waals surface area contributed by atoms with Crippen LogP contribution in [0.3, 0.4) is 0 Å². The maximum atomic E-state index is 12.3. The van der Waals surface area contributed by atoms with Crippen molar-refractivity contribution in [2.24, 2.45) is 11.3 Å². The largest absolute Gasteiger partial charge is 0.355 e. The number of halogens is 1. The Morgan fingerprint density at radius 2 is 1.63 bits per heavy atom. The molecule has 0 radical (unpaired) electrons. The second-order valence-corrected chi connectivity index (χ2v) is 6.66. The molecule has 1 aliphatic rings. The molecule has 0 saturated heterocycles. The zero-order valence-corrected chi connectivity index (χ0v) is 14.2. The molecular weight excluding hydrogens is 302 g/mol. The van der Waals surface area contributed by atoms with Gasteiger partial charge in [-0.05, 0) is 31.1 Å². The van der Waals surface area contributed by atoms with Gasteiger partial charge in [0.25, 0.3) is 0 Å². The number of alkyl halides is 1. The Bertz CT molecular complexity index is 247. The Hall–Kier alpha value is -0.0500. The normalized spacial score (nSPS) is 18.7. The van der Waals surface area contributed by atoms with Crippen LogP contribution >= 0.6 is 15.9 Å². The maximum absolute atomic E-state index is 12.3. The first-order valence-electron chi connectivity index (χ1n) is 8.01. The molecular formula is C16H30BrNO. The van der Waals surface area contributed by atoms with E-state index in [1.807, 2.05) is 0 Å². The molecule has 0 bridgehead atoms. The lowest BCUT2D eigenvalue weighted by molar-refractivity contribution is -0.126. The van der Waals surface area contributed by atoms with Crippen LogP contribution in [0.15, 0.2) is 0 Å². The molecule has 0 unspecified atom stereocenters. The van der Waals surface area contributed by atoms with Gasteiger partial charge in [-0.3, -0.25) is 4.79 Å². The Labute approximate surface area is 127 Å². The minimum Gasteiger partial charge on any atom is -0.355 e. The number of nitrogens with one attached hydrogen (secondary N) is 1. The minimum atomic E-state index is 0.233. The second-order valence-electron chi connectivity index (χ2n) is 6.10. The van der Waals surface area contributed by atoms with Crippen molar-refractivity contribution in [2.45, 2.75) is 71.6 Å². The molecule has 1 saturated carbocycles. The highest BCUT2D eigenvalue weighted by atomic mass is 79.9. The summed E-state index contributed by atoms with van der Waals surface area (Å²) in [6.45, 7) is 5.25. The number of carbonyl (C=O) groups is 1. The quantitative estimate of drug-likeness (QED) is 0.704. The summed E-state index contributed by atoms with van der Waals surface area (Å²) >= 11 is 3.61. The highest BCUT2D eigenvalue weighted by Crippen LogP contribution is 2.28. The second kappa shape index (κ2) is 8.99. The summed E-state index contributed by atoms with van der Waals surface area (Å²) in [6, 6.07) is 0. The summed E-state index contributed by atoms with van der Waals surface area (Å²) in [5, 5.41) is 4.20. The molecule has 0 heterocycles. The fourth-order valence-corrected chi connectivity index (χ4v) is 3.86. The van der Waals surface area contributed by atoms with Crippen molar-refractivity contribution in [3.8, 4) is 0 Å². The summed E-state index contributed by atoms with van der Waals surface area (Å²) in [6.07, 6.45) is 10.8. The molecule has 2 nitrogen and oxygen atoms in total. The van der Waals surface area contributed by atoms with Crippen LogP contribution in [0.5, 0.6) is 0 Å². The van der Waals surface area contributed by atoms with Gasteiger partial charge in [0.2, 0.25) is 5.91 Å². The van der Waals surface area contributed by atoms with Gasteiger partial charge in [0.15, 0.2) is 0 Å². The average molecular weight is 332 g/mol. The maximum Gasteiger partial charge on any atom is 0.223 e. The molecule has 0 atom stereocenters. The smallest absolute Gasteiger partial charge is 0.223 e. The minimum absolute atomic E-state index is 0.233. The first-order chi connectivity index (χ1) is 9.17. The van der Waals surface area contributed by atoms with Gasteiger partial charge in [-0.1, -0.05) is 61.9 Å². The lowest BCUT2D eigenvalue weighted by Gasteiger charge is -2.30. The summed E-state index contributed by atoms with van der Waals surface area (Å²) in [7, 11) is 0. The molecule has 112 valence electrons. The van der Waals surface area contributed by atoms with E-state index in [-0.39, 0.29) is 11.3 Å². The van der Waals surface area contributed by atoms with Crippen molar-refractivity contribution in [1.29, 1.82) is 0 Å². The van der Waals surface area contributed by atoms with Gasteiger partial charge in [0.05, 0.1) is 0 Å². The van der Waals surface area contributed by atoms with Crippen molar-refractivity contribution >= 4 is 21.8 Å². The lowest BCUT2D eigenvalue weighted by Crippen LogP contribution is -2.41. The summed E-state index contributed by atoms with van der Waals surface area (Å²) in [5.74, 6) is 0.566. The van der Waals surface area contributed by atoms with Crippen LogP contribution in [-0.4, -0.2) is 17.8 Å². The van der Waals surface area contributed by atoms with Gasteiger partial charge < -0.3 is 5.32 Å². The fourth-order valence-electron chi connectivity index (χ4n) is 2.87. The standard InChI is InChI=1S/C16H30BrNO/c1-3-16(4-2,12-17)13-18-15(19)14-10-8-6-5-7-9-11-14/h14H,3-13H2,1-2H3,(H,18,19). The molecule has 1 fully saturated rings. The first-order valence-corrected chi connectivity index (χ1v) is 9.13. The summed E-state index contributed by atoms with van der Waals surface area (Å²) in [4.78, 5) is 12.3. The van der Waals surface area contributed by atoms with Gasteiger partial charge >= 0.3 is 0 Å². The highest BCUT2D eigenvalue weighted by molar-refractivity contribution is 9.09. The zero-order chi connectivity index (χ0) is 14.1. The first kappa shape index (κ1) is 17.0. The number of carbonyl (C=O) groups excluding carboxylic acids is 1. The van der Waals surface area contributed by atoms with Gasteiger partial charge in [-0.2, -0.15) is 0 Å². The number of amides is 1. The molecule has 1 amide bonds. The van der Waals surface area contributed by atoms with E-state index in [2.05, 4.69) is 35.1 Å². The van der Waals surface area contributed by atoms with E-state index in [1.54, 1.807) is 0 Å². The van der Waals surface area contributed by atoms with Gasteiger partial charge in [0.1, 0.15) is 0 Å². The molecule has 0 aromatic carbocycles. The summed E-state index contributed by atoms with van der Waals surface area (Å²) in [5.41, 5.74) is 0.233. The topological polar surface area (TPSA) is 29.1 Å². The highest BCUT2D eigenvalue weighted by Gasteiger charge is 2.27. The van der Waals surface area contributed by atoms with E-state index in [1.165, 1.54) is 32.1 Å². The molecule has 1 rings (SSSR count). The third-order valence-corrected chi connectivity index (χ3v) is 6.09. The number of hydrogen-bond acceptors (Lipinski definition) is 1. The SMILES string of the molecule is CCC(CC)(CBr)CNC(=O)C1CCCCCCC1.